The van der Waals surface area contributed by atoms with Crippen molar-refractivity contribution in [3.63, 3.8) is 0 Å². The second kappa shape index (κ2) is 7.90. The second-order valence-corrected chi connectivity index (χ2v) is 6.42. The predicted molar refractivity (Wildman–Crippen MR) is 83.5 cm³/mol. The summed E-state index contributed by atoms with van der Waals surface area (Å²) in [5.41, 5.74) is 0.771. The SMILES string of the molecule is CCOC(=O)CCc1csc(C2(OC)CCCCCC2)n1. The maximum absolute atomic E-state index is 11.4. The average molecular weight is 311 g/mol. The summed E-state index contributed by atoms with van der Waals surface area (Å²) in [7, 11) is 1.80. The van der Waals surface area contributed by atoms with E-state index in [0.29, 0.717) is 19.4 Å². The van der Waals surface area contributed by atoms with Crippen LogP contribution >= 0.6 is 11.3 Å². The van der Waals surface area contributed by atoms with Crippen molar-refractivity contribution in [2.75, 3.05) is 13.7 Å². The number of carbonyl (C=O) groups is 1. The van der Waals surface area contributed by atoms with Gasteiger partial charge in [0.2, 0.25) is 0 Å². The molecule has 21 heavy (non-hydrogen) atoms. The van der Waals surface area contributed by atoms with Gasteiger partial charge in [-0.1, -0.05) is 25.7 Å². The normalized spacial score (nSPS) is 18.2. The van der Waals surface area contributed by atoms with Crippen LogP contribution in [0.3, 0.4) is 0 Å². The summed E-state index contributed by atoms with van der Waals surface area (Å²) >= 11 is 1.67. The van der Waals surface area contributed by atoms with Crippen LogP contribution in [0.1, 0.15) is 62.6 Å². The summed E-state index contributed by atoms with van der Waals surface area (Å²) in [4.78, 5) is 16.2. The van der Waals surface area contributed by atoms with Crippen LogP contribution in [0.2, 0.25) is 0 Å². The van der Waals surface area contributed by atoms with Crippen molar-refractivity contribution in [1.29, 1.82) is 0 Å². The van der Waals surface area contributed by atoms with Gasteiger partial charge in [0.05, 0.1) is 18.7 Å². The smallest absolute Gasteiger partial charge is 0.306 e. The van der Waals surface area contributed by atoms with E-state index in [2.05, 4.69) is 5.38 Å². The molecule has 0 aliphatic heterocycles. The Hall–Kier alpha value is -0.940. The fraction of sp³-hybridized carbons (Fsp3) is 0.750. The number of carbonyl (C=O) groups excluding carboxylic acids is 1. The molecule has 1 aliphatic rings. The predicted octanol–water partition coefficient (Wildman–Crippen LogP) is 3.83. The third-order valence-corrected chi connectivity index (χ3v) is 5.21. The molecule has 1 aliphatic carbocycles. The van der Waals surface area contributed by atoms with E-state index in [1.165, 1.54) is 25.7 Å². The summed E-state index contributed by atoms with van der Waals surface area (Å²) in [5, 5.41) is 3.13. The van der Waals surface area contributed by atoms with E-state index in [4.69, 9.17) is 14.5 Å². The Labute approximate surface area is 130 Å². The molecule has 0 amide bonds. The minimum atomic E-state index is -0.205. The highest BCUT2D eigenvalue weighted by atomic mass is 32.1. The molecule has 2 rings (SSSR count). The van der Waals surface area contributed by atoms with Gasteiger partial charge in [-0.3, -0.25) is 4.79 Å². The van der Waals surface area contributed by atoms with Gasteiger partial charge in [0.25, 0.3) is 0 Å². The first kappa shape index (κ1) is 16.4. The Balaban J connectivity index is 2.01. The summed E-state index contributed by atoms with van der Waals surface area (Å²) in [6.07, 6.45) is 8.12. The molecule has 0 atom stereocenters. The first-order valence-electron chi connectivity index (χ1n) is 7.86. The molecule has 0 unspecified atom stereocenters. The lowest BCUT2D eigenvalue weighted by Gasteiger charge is -2.29. The van der Waals surface area contributed by atoms with E-state index in [-0.39, 0.29) is 11.6 Å². The van der Waals surface area contributed by atoms with Crippen molar-refractivity contribution < 1.29 is 14.3 Å². The molecule has 0 saturated heterocycles. The van der Waals surface area contributed by atoms with Gasteiger partial charge >= 0.3 is 5.97 Å². The summed E-state index contributed by atoms with van der Waals surface area (Å²) in [6, 6.07) is 0. The van der Waals surface area contributed by atoms with Gasteiger partial charge in [0, 0.05) is 18.9 Å². The van der Waals surface area contributed by atoms with Crippen LogP contribution in [0, 0.1) is 0 Å². The Bertz CT molecular complexity index is 450. The highest BCUT2D eigenvalue weighted by Crippen LogP contribution is 2.40. The van der Waals surface area contributed by atoms with E-state index >= 15 is 0 Å². The molecular weight excluding hydrogens is 286 g/mol. The van der Waals surface area contributed by atoms with Crippen LogP contribution < -0.4 is 0 Å². The van der Waals surface area contributed by atoms with Crippen molar-refractivity contribution >= 4 is 17.3 Å². The van der Waals surface area contributed by atoms with Crippen LogP contribution in [0.25, 0.3) is 0 Å². The molecule has 0 bridgehead atoms. The van der Waals surface area contributed by atoms with Crippen LogP contribution in [0.15, 0.2) is 5.38 Å². The van der Waals surface area contributed by atoms with Gasteiger partial charge in [-0.05, 0) is 19.8 Å². The molecular formula is C16H25NO3S. The lowest BCUT2D eigenvalue weighted by atomic mass is 9.95. The molecule has 118 valence electrons. The van der Waals surface area contributed by atoms with Gasteiger partial charge in [-0.15, -0.1) is 11.3 Å². The van der Waals surface area contributed by atoms with Crippen molar-refractivity contribution in [2.24, 2.45) is 0 Å². The van der Waals surface area contributed by atoms with Gasteiger partial charge in [0.1, 0.15) is 10.6 Å². The van der Waals surface area contributed by atoms with E-state index in [9.17, 15) is 4.79 Å². The zero-order valence-electron chi connectivity index (χ0n) is 13.0. The third-order valence-electron chi connectivity index (χ3n) is 4.13. The highest BCUT2D eigenvalue weighted by Gasteiger charge is 2.35. The Morgan fingerprint density at radius 3 is 2.67 bits per heavy atom. The van der Waals surface area contributed by atoms with E-state index < -0.39 is 0 Å². The first-order valence-corrected chi connectivity index (χ1v) is 8.74. The number of hydrogen-bond donors (Lipinski definition) is 0. The third kappa shape index (κ3) is 4.27. The molecule has 0 radical (unpaired) electrons. The monoisotopic (exact) mass is 311 g/mol. The largest absolute Gasteiger partial charge is 0.466 e. The topological polar surface area (TPSA) is 48.4 Å². The number of ether oxygens (including phenoxy) is 2. The van der Waals surface area contributed by atoms with Crippen LogP contribution in [0.5, 0.6) is 0 Å². The minimum Gasteiger partial charge on any atom is -0.466 e. The minimum absolute atomic E-state index is 0.150. The van der Waals surface area contributed by atoms with Gasteiger partial charge in [-0.2, -0.15) is 0 Å². The van der Waals surface area contributed by atoms with E-state index in [1.807, 2.05) is 6.92 Å². The number of rotatable bonds is 6. The first-order chi connectivity index (χ1) is 10.2. The molecule has 1 aromatic rings. The maximum Gasteiger partial charge on any atom is 0.306 e. The van der Waals surface area contributed by atoms with Gasteiger partial charge < -0.3 is 9.47 Å². The number of nitrogens with zero attached hydrogens (tertiary/aromatic N) is 1. The molecule has 1 fully saturated rings. The molecule has 1 aromatic heterocycles. The number of methoxy groups -OCH3 is 1. The summed E-state index contributed by atoms with van der Waals surface area (Å²) in [5.74, 6) is -0.150. The van der Waals surface area contributed by atoms with Crippen LogP contribution in [-0.2, 0) is 26.3 Å². The van der Waals surface area contributed by atoms with Crippen LogP contribution in [-0.4, -0.2) is 24.7 Å². The summed E-state index contributed by atoms with van der Waals surface area (Å²) in [6.45, 7) is 2.27. The number of aromatic nitrogens is 1. The Morgan fingerprint density at radius 2 is 2.05 bits per heavy atom. The van der Waals surface area contributed by atoms with Crippen molar-refractivity contribution in [1.82, 2.24) is 4.98 Å². The molecule has 0 spiro atoms. The number of esters is 1. The standard InChI is InChI=1S/C16H25NO3S/c1-3-20-14(18)9-8-13-12-21-15(17-13)16(19-2)10-6-4-5-7-11-16/h12H,3-11H2,1-2H3. The lowest BCUT2D eigenvalue weighted by Crippen LogP contribution is -2.27. The fourth-order valence-electron chi connectivity index (χ4n) is 2.90. The van der Waals surface area contributed by atoms with E-state index in [0.717, 1.165) is 23.5 Å². The van der Waals surface area contributed by atoms with Crippen LogP contribution in [0.4, 0.5) is 0 Å². The average Bonchev–Trinajstić information content (AvgIpc) is 2.83. The fourth-order valence-corrected chi connectivity index (χ4v) is 3.99. The van der Waals surface area contributed by atoms with Crippen molar-refractivity contribution in [3.05, 3.63) is 16.1 Å². The molecule has 4 nitrogen and oxygen atoms in total. The number of aryl methyl sites for hydroxylation is 1. The van der Waals surface area contributed by atoms with Gasteiger partial charge in [-0.25, -0.2) is 4.98 Å². The second-order valence-electron chi connectivity index (χ2n) is 5.56. The van der Waals surface area contributed by atoms with Crippen molar-refractivity contribution in [2.45, 2.75) is 63.9 Å². The lowest BCUT2D eigenvalue weighted by molar-refractivity contribution is -0.143. The zero-order chi connectivity index (χ0) is 15.1. The quantitative estimate of drug-likeness (QED) is 0.591. The number of hydrogen-bond acceptors (Lipinski definition) is 5. The Morgan fingerprint density at radius 1 is 1.33 bits per heavy atom. The van der Waals surface area contributed by atoms with Gasteiger partial charge in [0.15, 0.2) is 0 Å². The molecule has 0 aromatic carbocycles. The molecule has 5 heteroatoms. The summed E-state index contributed by atoms with van der Waals surface area (Å²) < 4.78 is 10.8. The zero-order valence-corrected chi connectivity index (χ0v) is 13.8. The molecule has 1 heterocycles. The molecule has 1 saturated carbocycles. The Kier molecular flexibility index (Phi) is 6.18. The highest BCUT2D eigenvalue weighted by molar-refractivity contribution is 7.09. The van der Waals surface area contributed by atoms with E-state index in [1.54, 1.807) is 18.4 Å². The van der Waals surface area contributed by atoms with Crippen molar-refractivity contribution in [3.8, 4) is 0 Å². The number of thiazole rings is 1. The molecule has 0 N–H and O–H groups in total. The maximum atomic E-state index is 11.4.